The van der Waals surface area contributed by atoms with Gasteiger partial charge < -0.3 is 29.4 Å². The van der Waals surface area contributed by atoms with E-state index in [1.807, 2.05) is 19.6 Å². The molecule has 0 fully saturated rings. The van der Waals surface area contributed by atoms with E-state index in [2.05, 4.69) is 39.3 Å². The molecule has 1 unspecified atom stereocenters. The van der Waals surface area contributed by atoms with Gasteiger partial charge in [0.15, 0.2) is 9.04 Å². The molecular formula is C11H36O7Si6. The molecule has 0 radical (unpaired) electrons. The first-order valence-electron chi connectivity index (χ1n) is 8.19. The van der Waals surface area contributed by atoms with Gasteiger partial charge in [0, 0.05) is 14.2 Å². The van der Waals surface area contributed by atoms with Gasteiger partial charge in [-0.2, -0.15) is 0 Å². The standard InChI is InChI=1S/C11H36O7Si6/c1-12-21(13-2)14-20(5)16-23(8,9)18-24(10,11)17-22(6,7)15-19(3)4/h19-21H,1-11H3. The van der Waals surface area contributed by atoms with Gasteiger partial charge in [0.1, 0.15) is 0 Å². The molecule has 0 spiro atoms. The molecular weight excluding hydrogens is 413 g/mol. The van der Waals surface area contributed by atoms with Crippen LogP contribution in [0.2, 0.25) is 58.9 Å². The van der Waals surface area contributed by atoms with Crippen LogP contribution in [0.3, 0.4) is 0 Å². The van der Waals surface area contributed by atoms with E-state index in [-0.39, 0.29) is 0 Å². The molecule has 0 heterocycles. The number of hydrogen-bond donors (Lipinski definition) is 0. The molecule has 0 rings (SSSR count). The van der Waals surface area contributed by atoms with Crippen molar-refractivity contribution in [1.82, 2.24) is 0 Å². The Balaban J connectivity index is 4.70. The fourth-order valence-corrected chi connectivity index (χ4v) is 24.7. The fraction of sp³-hybridized carbons (Fsp3) is 1.00. The van der Waals surface area contributed by atoms with Crippen LogP contribution in [0.15, 0.2) is 0 Å². The van der Waals surface area contributed by atoms with Crippen molar-refractivity contribution in [2.75, 3.05) is 14.2 Å². The highest BCUT2D eigenvalue weighted by molar-refractivity contribution is 6.87. The van der Waals surface area contributed by atoms with Gasteiger partial charge >= 0.3 is 44.5 Å². The fourth-order valence-electron chi connectivity index (χ4n) is 2.61. The third-order valence-electron chi connectivity index (χ3n) is 2.64. The second-order valence-corrected chi connectivity index (χ2v) is 24.9. The first kappa shape index (κ1) is 25.0. The van der Waals surface area contributed by atoms with Crippen molar-refractivity contribution in [2.45, 2.75) is 58.9 Å². The summed E-state index contributed by atoms with van der Waals surface area (Å²) in [6.07, 6.45) is 0. The second-order valence-electron chi connectivity index (χ2n) is 7.15. The number of rotatable bonds is 12. The summed E-state index contributed by atoms with van der Waals surface area (Å²) in [5, 5.41) is 0. The summed E-state index contributed by atoms with van der Waals surface area (Å²) in [6.45, 7) is 18.6. The Morgan fingerprint density at radius 1 is 0.625 bits per heavy atom. The van der Waals surface area contributed by atoms with Gasteiger partial charge in [-0.3, -0.25) is 0 Å². The van der Waals surface area contributed by atoms with Gasteiger partial charge in [0.25, 0.3) is 0 Å². The largest absolute Gasteiger partial charge is 0.474 e. The van der Waals surface area contributed by atoms with Crippen molar-refractivity contribution in [2.24, 2.45) is 0 Å². The van der Waals surface area contributed by atoms with Crippen LogP contribution in [-0.2, 0) is 29.4 Å². The summed E-state index contributed by atoms with van der Waals surface area (Å²) in [5.41, 5.74) is 0. The topological polar surface area (TPSA) is 64.6 Å². The lowest BCUT2D eigenvalue weighted by molar-refractivity contribution is 0.187. The highest BCUT2D eigenvalue weighted by Gasteiger charge is 2.42. The lowest BCUT2D eigenvalue weighted by atomic mass is 11.8. The minimum atomic E-state index is -2.37. The molecule has 0 aromatic heterocycles. The molecule has 0 amide bonds. The molecule has 0 aliphatic rings. The molecule has 1 atom stereocenters. The Hall–Kier alpha value is 1.02. The molecule has 0 aliphatic carbocycles. The van der Waals surface area contributed by atoms with Crippen molar-refractivity contribution < 1.29 is 29.4 Å². The van der Waals surface area contributed by atoms with Crippen LogP contribution in [0.4, 0.5) is 0 Å². The smallest absolute Gasteiger partial charge is 0.440 e. The quantitative estimate of drug-likeness (QED) is 0.423. The van der Waals surface area contributed by atoms with E-state index in [4.69, 9.17) is 29.4 Å². The average Bonchev–Trinajstić information content (AvgIpc) is 2.29. The van der Waals surface area contributed by atoms with Crippen LogP contribution in [0.1, 0.15) is 0 Å². The lowest BCUT2D eigenvalue weighted by Crippen LogP contribution is -2.56. The summed E-state index contributed by atoms with van der Waals surface area (Å²) < 4.78 is 41.1. The molecule has 0 saturated heterocycles. The Labute approximate surface area is 156 Å². The van der Waals surface area contributed by atoms with Gasteiger partial charge in [-0.05, 0) is 58.9 Å². The third kappa shape index (κ3) is 11.6. The molecule has 7 nitrogen and oxygen atoms in total. The molecule has 0 aromatic carbocycles. The van der Waals surface area contributed by atoms with Gasteiger partial charge in [-0.1, -0.05) is 0 Å². The maximum absolute atomic E-state index is 6.35. The van der Waals surface area contributed by atoms with Gasteiger partial charge in [-0.15, -0.1) is 0 Å². The zero-order valence-corrected chi connectivity index (χ0v) is 23.6. The summed E-state index contributed by atoms with van der Waals surface area (Å²) in [7, 11) is -8.80. The van der Waals surface area contributed by atoms with E-state index in [1.165, 1.54) is 0 Å². The maximum Gasteiger partial charge on any atom is 0.474 e. The molecule has 0 saturated carbocycles. The third-order valence-corrected chi connectivity index (χ3v) is 21.5. The van der Waals surface area contributed by atoms with Crippen LogP contribution in [0.25, 0.3) is 0 Å². The monoisotopic (exact) mass is 448 g/mol. The average molecular weight is 449 g/mol. The van der Waals surface area contributed by atoms with E-state index in [0.29, 0.717) is 0 Å². The van der Waals surface area contributed by atoms with Gasteiger partial charge in [-0.25, -0.2) is 0 Å². The normalized spacial score (nSPS) is 15.4. The van der Waals surface area contributed by atoms with E-state index in [9.17, 15) is 0 Å². The minimum Gasteiger partial charge on any atom is -0.440 e. The van der Waals surface area contributed by atoms with E-state index in [0.717, 1.165) is 0 Å². The van der Waals surface area contributed by atoms with Crippen LogP contribution < -0.4 is 0 Å². The van der Waals surface area contributed by atoms with Crippen molar-refractivity contribution in [1.29, 1.82) is 0 Å². The van der Waals surface area contributed by atoms with Crippen LogP contribution in [-0.4, -0.2) is 67.8 Å². The Bertz CT molecular complexity index is 365. The molecule has 0 aromatic rings. The van der Waals surface area contributed by atoms with Crippen molar-refractivity contribution >= 4 is 53.5 Å². The van der Waals surface area contributed by atoms with Crippen LogP contribution >= 0.6 is 0 Å². The van der Waals surface area contributed by atoms with Crippen molar-refractivity contribution in [3.05, 3.63) is 0 Å². The Morgan fingerprint density at radius 3 is 1.42 bits per heavy atom. The predicted molar refractivity (Wildman–Crippen MR) is 111 cm³/mol. The number of hydrogen-bond acceptors (Lipinski definition) is 7. The SMILES string of the molecule is CO[SiH](OC)O[SiH](C)O[Si](C)(C)O[Si](C)(C)O[Si](C)(C)O[SiH](C)C. The highest BCUT2D eigenvalue weighted by Crippen LogP contribution is 2.23. The predicted octanol–water partition coefficient (Wildman–Crippen LogP) is 2.02. The summed E-state index contributed by atoms with van der Waals surface area (Å²) in [4.78, 5) is 0. The van der Waals surface area contributed by atoms with Gasteiger partial charge in [0.2, 0.25) is 0 Å². The molecule has 0 bridgehead atoms. The van der Waals surface area contributed by atoms with Crippen molar-refractivity contribution in [3.63, 3.8) is 0 Å². The highest BCUT2D eigenvalue weighted by atomic mass is 28.5. The molecule has 0 aliphatic heterocycles. The summed E-state index contributed by atoms with van der Waals surface area (Å²) in [5.74, 6) is 0. The summed E-state index contributed by atoms with van der Waals surface area (Å²) >= 11 is 0. The van der Waals surface area contributed by atoms with E-state index in [1.54, 1.807) is 14.2 Å². The maximum atomic E-state index is 6.35. The second kappa shape index (κ2) is 10.4. The molecule has 0 N–H and O–H groups in total. The Morgan fingerprint density at radius 2 is 1.04 bits per heavy atom. The first-order valence-corrected chi connectivity index (χ1v) is 22.9. The van der Waals surface area contributed by atoms with E-state index < -0.39 is 53.5 Å². The van der Waals surface area contributed by atoms with Gasteiger partial charge in [0.05, 0.1) is 0 Å². The molecule has 13 heteroatoms. The van der Waals surface area contributed by atoms with Crippen molar-refractivity contribution in [3.8, 4) is 0 Å². The lowest BCUT2D eigenvalue weighted by Gasteiger charge is -2.39. The molecule has 24 heavy (non-hydrogen) atoms. The first-order chi connectivity index (χ1) is 10.7. The van der Waals surface area contributed by atoms with Crippen LogP contribution in [0, 0.1) is 0 Å². The Kier molecular flexibility index (Phi) is 10.8. The zero-order chi connectivity index (χ0) is 19.2. The zero-order valence-electron chi connectivity index (χ0n) is 17.1. The van der Waals surface area contributed by atoms with Crippen LogP contribution in [0.5, 0.6) is 0 Å². The minimum absolute atomic E-state index is 1.14. The van der Waals surface area contributed by atoms with E-state index >= 15 is 0 Å². The molecule has 146 valence electrons. The summed E-state index contributed by atoms with van der Waals surface area (Å²) in [6, 6.07) is 0.